The van der Waals surface area contributed by atoms with E-state index >= 15 is 0 Å². The first-order valence-corrected chi connectivity index (χ1v) is 4.60. The highest BCUT2D eigenvalue weighted by molar-refractivity contribution is 5.58. The summed E-state index contributed by atoms with van der Waals surface area (Å²) in [6.45, 7) is 4.05. The lowest BCUT2D eigenvalue weighted by molar-refractivity contribution is 0.574. The molecule has 1 aliphatic carbocycles. The van der Waals surface area contributed by atoms with Gasteiger partial charge in [0.25, 0.3) is 5.56 Å². The maximum Gasteiger partial charge on any atom is 0.254 e. The van der Waals surface area contributed by atoms with Gasteiger partial charge >= 0.3 is 0 Å². The number of nitrogens with zero attached hydrogens (tertiary/aromatic N) is 1. The molecule has 2 heteroatoms. The summed E-state index contributed by atoms with van der Waals surface area (Å²) >= 11 is 0. The average Bonchev–Trinajstić information content (AvgIpc) is 2.52. The molecule has 0 spiro atoms. The third kappa shape index (κ3) is 1.22. The molecule has 1 aliphatic rings. The number of hydrogen-bond acceptors (Lipinski definition) is 1. The van der Waals surface area contributed by atoms with Gasteiger partial charge in [-0.2, -0.15) is 0 Å². The van der Waals surface area contributed by atoms with E-state index in [-0.39, 0.29) is 11.6 Å². The highest BCUT2D eigenvalue weighted by Crippen LogP contribution is 2.15. The quantitative estimate of drug-likeness (QED) is 0.639. The molecule has 1 heterocycles. The molecule has 0 bridgehead atoms. The standard InChI is InChI=1S/C11H13NO/c1-8(2)12-7-6-9-4-3-5-10(9)11(12)13/h3-4,6-8H,5H2,1-2H3. The van der Waals surface area contributed by atoms with Crippen molar-refractivity contribution < 1.29 is 0 Å². The van der Waals surface area contributed by atoms with Crippen LogP contribution < -0.4 is 5.56 Å². The maximum absolute atomic E-state index is 11.8. The molecule has 0 N–H and O–H groups in total. The predicted molar refractivity (Wildman–Crippen MR) is 53.8 cm³/mol. The highest BCUT2D eigenvalue weighted by Gasteiger charge is 2.11. The van der Waals surface area contributed by atoms with E-state index < -0.39 is 0 Å². The molecule has 1 aromatic rings. The second-order valence-corrected chi connectivity index (χ2v) is 3.66. The molecule has 2 nitrogen and oxygen atoms in total. The monoisotopic (exact) mass is 175 g/mol. The summed E-state index contributed by atoms with van der Waals surface area (Å²) in [5.41, 5.74) is 2.19. The lowest BCUT2D eigenvalue weighted by Crippen LogP contribution is -2.24. The number of hydrogen-bond donors (Lipinski definition) is 0. The Balaban J connectivity index is 2.62. The van der Waals surface area contributed by atoms with Crippen LogP contribution in [0.3, 0.4) is 0 Å². The van der Waals surface area contributed by atoms with Gasteiger partial charge in [0.1, 0.15) is 0 Å². The third-order valence-corrected chi connectivity index (χ3v) is 2.43. The largest absolute Gasteiger partial charge is 0.313 e. The van der Waals surface area contributed by atoms with E-state index in [9.17, 15) is 4.79 Å². The average molecular weight is 175 g/mol. The van der Waals surface area contributed by atoms with Crippen molar-refractivity contribution in [3.05, 3.63) is 39.8 Å². The van der Waals surface area contributed by atoms with Crippen molar-refractivity contribution in [3.8, 4) is 0 Å². The summed E-state index contributed by atoms with van der Waals surface area (Å²) in [6, 6.07) is 2.26. The van der Waals surface area contributed by atoms with Crippen LogP contribution in [0, 0.1) is 0 Å². The predicted octanol–water partition coefficient (Wildman–Crippen LogP) is 2.00. The van der Waals surface area contributed by atoms with Crippen molar-refractivity contribution in [1.82, 2.24) is 4.57 Å². The lowest BCUT2D eigenvalue weighted by Gasteiger charge is -2.10. The first kappa shape index (κ1) is 8.30. The zero-order valence-electron chi connectivity index (χ0n) is 7.95. The van der Waals surface area contributed by atoms with Gasteiger partial charge in [0.2, 0.25) is 0 Å². The number of pyridine rings is 1. The topological polar surface area (TPSA) is 22.0 Å². The number of rotatable bonds is 1. The molecule has 0 fully saturated rings. The lowest BCUT2D eigenvalue weighted by atomic mass is 10.1. The van der Waals surface area contributed by atoms with Gasteiger partial charge < -0.3 is 4.57 Å². The second kappa shape index (κ2) is 2.87. The van der Waals surface area contributed by atoms with Gasteiger partial charge in [0.05, 0.1) is 0 Å². The van der Waals surface area contributed by atoms with Crippen molar-refractivity contribution in [3.63, 3.8) is 0 Å². The van der Waals surface area contributed by atoms with Crippen LogP contribution in [0.2, 0.25) is 0 Å². The van der Waals surface area contributed by atoms with Gasteiger partial charge in [0.15, 0.2) is 0 Å². The molecule has 0 unspecified atom stereocenters. The van der Waals surface area contributed by atoms with Crippen LogP contribution >= 0.6 is 0 Å². The molecule has 0 saturated heterocycles. The van der Waals surface area contributed by atoms with Gasteiger partial charge in [-0.05, 0) is 31.9 Å². The van der Waals surface area contributed by atoms with Crippen LogP contribution in [0.25, 0.3) is 6.08 Å². The molecule has 0 amide bonds. The van der Waals surface area contributed by atoms with Gasteiger partial charge in [-0.15, -0.1) is 0 Å². The van der Waals surface area contributed by atoms with Crippen LogP contribution in [0.4, 0.5) is 0 Å². The molecule has 0 atom stereocenters. The normalized spacial score (nSPS) is 13.8. The minimum absolute atomic E-state index is 0.164. The fraction of sp³-hybridized carbons (Fsp3) is 0.364. The fourth-order valence-electron chi connectivity index (χ4n) is 1.68. The zero-order chi connectivity index (χ0) is 9.42. The Kier molecular flexibility index (Phi) is 1.83. The summed E-state index contributed by atoms with van der Waals surface area (Å²) in [6.07, 6.45) is 6.72. The Bertz CT molecular complexity index is 413. The first-order valence-electron chi connectivity index (χ1n) is 4.60. The van der Waals surface area contributed by atoms with E-state index in [1.54, 1.807) is 4.57 Å². The van der Waals surface area contributed by atoms with Crippen molar-refractivity contribution in [2.24, 2.45) is 0 Å². The molecular weight excluding hydrogens is 162 g/mol. The smallest absolute Gasteiger partial charge is 0.254 e. The van der Waals surface area contributed by atoms with Crippen LogP contribution in [-0.4, -0.2) is 4.57 Å². The van der Waals surface area contributed by atoms with Crippen molar-refractivity contribution in [2.45, 2.75) is 26.3 Å². The molecule has 0 aliphatic heterocycles. The third-order valence-electron chi connectivity index (χ3n) is 2.43. The van der Waals surface area contributed by atoms with Crippen molar-refractivity contribution in [1.29, 1.82) is 0 Å². The number of fused-ring (bicyclic) bond motifs is 1. The van der Waals surface area contributed by atoms with E-state index in [4.69, 9.17) is 0 Å². The van der Waals surface area contributed by atoms with Crippen LogP contribution in [-0.2, 0) is 6.42 Å². The Labute approximate surface area is 77.5 Å². The second-order valence-electron chi connectivity index (χ2n) is 3.66. The van der Waals surface area contributed by atoms with Gasteiger partial charge in [-0.3, -0.25) is 4.79 Å². The van der Waals surface area contributed by atoms with E-state index in [0.29, 0.717) is 0 Å². The summed E-state index contributed by atoms with van der Waals surface area (Å²) in [7, 11) is 0. The Morgan fingerprint density at radius 3 is 2.92 bits per heavy atom. The Morgan fingerprint density at radius 2 is 2.23 bits per heavy atom. The van der Waals surface area contributed by atoms with Crippen LogP contribution in [0.5, 0.6) is 0 Å². The van der Waals surface area contributed by atoms with E-state index in [0.717, 1.165) is 17.5 Å². The summed E-state index contributed by atoms with van der Waals surface area (Å²) in [5.74, 6) is 0. The van der Waals surface area contributed by atoms with Gasteiger partial charge in [-0.1, -0.05) is 12.2 Å². The van der Waals surface area contributed by atoms with Crippen molar-refractivity contribution >= 4 is 6.08 Å². The SMILES string of the molecule is CC(C)n1ccc2c(c1=O)CC=C2. The molecule has 0 radical (unpaired) electrons. The van der Waals surface area contributed by atoms with E-state index in [2.05, 4.69) is 0 Å². The Morgan fingerprint density at radius 1 is 1.46 bits per heavy atom. The fourth-order valence-corrected chi connectivity index (χ4v) is 1.68. The Hall–Kier alpha value is -1.31. The molecule has 0 aromatic carbocycles. The molecular formula is C11H13NO. The zero-order valence-corrected chi connectivity index (χ0v) is 7.95. The summed E-state index contributed by atoms with van der Waals surface area (Å²) < 4.78 is 1.78. The molecule has 2 rings (SSSR count). The maximum atomic E-state index is 11.8. The molecule has 13 heavy (non-hydrogen) atoms. The minimum atomic E-state index is 0.164. The van der Waals surface area contributed by atoms with E-state index in [1.165, 1.54) is 0 Å². The van der Waals surface area contributed by atoms with Gasteiger partial charge in [-0.25, -0.2) is 0 Å². The molecule has 0 saturated carbocycles. The summed E-state index contributed by atoms with van der Waals surface area (Å²) in [4.78, 5) is 11.8. The van der Waals surface area contributed by atoms with Crippen LogP contribution in [0.1, 0.15) is 31.0 Å². The van der Waals surface area contributed by atoms with Crippen LogP contribution in [0.15, 0.2) is 23.1 Å². The highest BCUT2D eigenvalue weighted by atomic mass is 16.1. The van der Waals surface area contributed by atoms with E-state index in [1.807, 2.05) is 38.3 Å². The van der Waals surface area contributed by atoms with Gasteiger partial charge in [0, 0.05) is 17.8 Å². The number of aromatic nitrogens is 1. The number of allylic oxidation sites excluding steroid dienone is 1. The minimum Gasteiger partial charge on any atom is -0.313 e. The van der Waals surface area contributed by atoms with Crippen molar-refractivity contribution in [2.75, 3.05) is 0 Å². The molecule has 68 valence electrons. The summed E-state index contributed by atoms with van der Waals surface area (Å²) in [5, 5.41) is 0. The molecule has 1 aromatic heterocycles. The first-order chi connectivity index (χ1) is 6.20.